The lowest BCUT2D eigenvalue weighted by Gasteiger charge is -2.17. The average molecular weight is 430 g/mol. The first kappa shape index (κ1) is 21.5. The Morgan fingerprint density at radius 2 is 1.59 bits per heavy atom. The Morgan fingerprint density at radius 1 is 0.969 bits per heavy atom. The molecule has 164 valence electrons. The van der Waals surface area contributed by atoms with Crippen LogP contribution < -0.4 is 15.5 Å². The summed E-state index contributed by atoms with van der Waals surface area (Å²) in [7, 11) is 0. The molecule has 7 heteroatoms. The molecule has 1 saturated heterocycles. The van der Waals surface area contributed by atoms with Crippen molar-refractivity contribution in [1.82, 2.24) is 9.97 Å². The lowest BCUT2D eigenvalue weighted by atomic mass is 10.1. The van der Waals surface area contributed by atoms with Crippen LogP contribution in [0.25, 0.3) is 0 Å². The number of rotatable bonds is 6. The maximum Gasteiger partial charge on any atom is 0.229 e. The van der Waals surface area contributed by atoms with E-state index in [2.05, 4.69) is 20.6 Å². The second-order valence-corrected chi connectivity index (χ2v) is 8.23. The number of carbonyl (C=O) groups is 2. The third-order valence-corrected chi connectivity index (χ3v) is 5.47. The standard InChI is InChI=1S/C25H27N5O2/c1-16-4-10-22(11-5-16)30-15-19(13-24(30)31)25(32)29-21-8-6-20(7-9-21)26-14-23-27-17(2)12-18(3)28-23/h4-12,19,26H,13-15H2,1-3H3,(H,29,32). The van der Waals surface area contributed by atoms with E-state index in [-0.39, 0.29) is 24.2 Å². The van der Waals surface area contributed by atoms with Crippen molar-refractivity contribution in [2.45, 2.75) is 33.7 Å². The van der Waals surface area contributed by atoms with E-state index >= 15 is 0 Å². The van der Waals surface area contributed by atoms with Gasteiger partial charge < -0.3 is 15.5 Å². The third kappa shape index (κ3) is 5.11. The molecule has 0 spiro atoms. The van der Waals surface area contributed by atoms with Crippen LogP contribution in [0.5, 0.6) is 0 Å². The van der Waals surface area contributed by atoms with Crippen molar-refractivity contribution < 1.29 is 9.59 Å². The molecule has 1 aliphatic heterocycles. The molecule has 1 aliphatic rings. The minimum Gasteiger partial charge on any atom is -0.378 e. The zero-order chi connectivity index (χ0) is 22.7. The van der Waals surface area contributed by atoms with Gasteiger partial charge in [-0.05, 0) is 63.2 Å². The quantitative estimate of drug-likeness (QED) is 0.618. The first-order chi connectivity index (χ1) is 15.4. The van der Waals surface area contributed by atoms with Gasteiger partial charge in [-0.1, -0.05) is 17.7 Å². The number of hydrogen-bond acceptors (Lipinski definition) is 5. The van der Waals surface area contributed by atoms with Gasteiger partial charge in [-0.3, -0.25) is 9.59 Å². The number of nitrogens with one attached hydrogen (secondary N) is 2. The maximum atomic E-state index is 12.7. The molecule has 0 saturated carbocycles. The molecule has 1 aromatic heterocycles. The molecule has 0 aliphatic carbocycles. The average Bonchev–Trinajstić information content (AvgIpc) is 3.15. The minimum atomic E-state index is -0.372. The lowest BCUT2D eigenvalue weighted by Crippen LogP contribution is -2.28. The van der Waals surface area contributed by atoms with Crippen molar-refractivity contribution in [3.8, 4) is 0 Å². The SMILES string of the molecule is Cc1ccc(N2CC(C(=O)Nc3ccc(NCc4nc(C)cc(C)n4)cc3)CC2=O)cc1. The largest absolute Gasteiger partial charge is 0.378 e. The van der Waals surface area contributed by atoms with Gasteiger partial charge in [0.05, 0.1) is 12.5 Å². The van der Waals surface area contributed by atoms with Crippen molar-refractivity contribution in [3.63, 3.8) is 0 Å². The molecule has 32 heavy (non-hydrogen) atoms. The Balaban J connectivity index is 1.32. The zero-order valence-corrected chi connectivity index (χ0v) is 18.6. The molecular weight excluding hydrogens is 402 g/mol. The number of hydrogen-bond donors (Lipinski definition) is 2. The number of aryl methyl sites for hydroxylation is 3. The highest BCUT2D eigenvalue weighted by Gasteiger charge is 2.35. The van der Waals surface area contributed by atoms with Crippen molar-refractivity contribution >= 4 is 28.9 Å². The molecule has 2 heterocycles. The summed E-state index contributed by atoms with van der Waals surface area (Å²) in [6.07, 6.45) is 0.218. The number of amides is 2. The number of benzene rings is 2. The van der Waals surface area contributed by atoms with E-state index in [1.54, 1.807) is 4.90 Å². The maximum absolute atomic E-state index is 12.7. The van der Waals surface area contributed by atoms with Crippen LogP contribution in [0.4, 0.5) is 17.1 Å². The van der Waals surface area contributed by atoms with Gasteiger partial charge in [0, 0.05) is 41.4 Å². The number of carbonyl (C=O) groups excluding carboxylic acids is 2. The van der Waals surface area contributed by atoms with E-state index in [4.69, 9.17) is 0 Å². The molecular formula is C25H27N5O2. The van der Waals surface area contributed by atoms with Crippen molar-refractivity contribution in [1.29, 1.82) is 0 Å². The van der Waals surface area contributed by atoms with Gasteiger partial charge in [0.25, 0.3) is 0 Å². The van der Waals surface area contributed by atoms with Crippen molar-refractivity contribution in [3.05, 3.63) is 77.4 Å². The Bertz CT molecular complexity index is 1110. The summed E-state index contributed by atoms with van der Waals surface area (Å²) in [5.41, 5.74) is 5.46. The van der Waals surface area contributed by atoms with Gasteiger partial charge in [-0.2, -0.15) is 0 Å². The molecule has 1 unspecified atom stereocenters. The van der Waals surface area contributed by atoms with Gasteiger partial charge in [0.1, 0.15) is 5.82 Å². The highest BCUT2D eigenvalue weighted by atomic mass is 16.2. The number of nitrogens with zero attached hydrogens (tertiary/aromatic N) is 3. The highest BCUT2D eigenvalue weighted by molar-refractivity contribution is 6.03. The van der Waals surface area contributed by atoms with Crippen LogP contribution in [0.2, 0.25) is 0 Å². The Morgan fingerprint density at radius 3 is 2.25 bits per heavy atom. The molecule has 2 N–H and O–H groups in total. The highest BCUT2D eigenvalue weighted by Crippen LogP contribution is 2.26. The molecule has 0 bridgehead atoms. The summed E-state index contributed by atoms with van der Waals surface area (Å²) in [6, 6.07) is 17.2. The van der Waals surface area contributed by atoms with Crippen LogP contribution in [0, 0.1) is 26.7 Å². The van der Waals surface area contributed by atoms with E-state index < -0.39 is 0 Å². The molecule has 0 radical (unpaired) electrons. The van der Waals surface area contributed by atoms with Gasteiger partial charge in [-0.25, -0.2) is 9.97 Å². The molecule has 7 nitrogen and oxygen atoms in total. The minimum absolute atomic E-state index is 0.0258. The summed E-state index contributed by atoms with van der Waals surface area (Å²) in [5, 5.41) is 6.23. The fourth-order valence-corrected chi connectivity index (χ4v) is 3.83. The van der Waals surface area contributed by atoms with Crippen molar-refractivity contribution in [2.24, 2.45) is 5.92 Å². The number of anilines is 3. The summed E-state index contributed by atoms with van der Waals surface area (Å²) < 4.78 is 0. The molecule has 2 amide bonds. The summed E-state index contributed by atoms with van der Waals surface area (Å²) in [4.78, 5) is 35.7. The smallest absolute Gasteiger partial charge is 0.229 e. The second-order valence-electron chi connectivity index (χ2n) is 8.23. The zero-order valence-electron chi connectivity index (χ0n) is 18.6. The topological polar surface area (TPSA) is 87.2 Å². The first-order valence-corrected chi connectivity index (χ1v) is 10.7. The third-order valence-electron chi connectivity index (χ3n) is 5.47. The molecule has 1 fully saturated rings. The Kier molecular flexibility index (Phi) is 6.16. The summed E-state index contributed by atoms with van der Waals surface area (Å²) in [5.74, 6) is 0.201. The van der Waals surface area contributed by atoms with E-state index in [1.807, 2.05) is 75.4 Å². The Labute approximate surface area is 187 Å². The van der Waals surface area contributed by atoms with Gasteiger partial charge in [0.15, 0.2) is 0 Å². The molecule has 3 aromatic rings. The van der Waals surface area contributed by atoms with Gasteiger partial charge >= 0.3 is 0 Å². The predicted molar refractivity (Wildman–Crippen MR) is 126 cm³/mol. The van der Waals surface area contributed by atoms with Crippen LogP contribution in [0.1, 0.15) is 29.2 Å². The molecule has 4 rings (SSSR count). The second kappa shape index (κ2) is 9.18. The Hall–Kier alpha value is -3.74. The van der Waals surface area contributed by atoms with Gasteiger partial charge in [0.2, 0.25) is 11.8 Å². The normalized spacial score (nSPS) is 15.7. The van der Waals surface area contributed by atoms with Crippen LogP contribution >= 0.6 is 0 Å². The molecule has 2 aromatic carbocycles. The predicted octanol–water partition coefficient (Wildman–Crippen LogP) is 4.01. The summed E-state index contributed by atoms with van der Waals surface area (Å²) in [6.45, 7) is 6.82. The molecule has 1 atom stereocenters. The van der Waals surface area contributed by atoms with E-state index in [0.29, 0.717) is 18.8 Å². The van der Waals surface area contributed by atoms with Gasteiger partial charge in [-0.15, -0.1) is 0 Å². The summed E-state index contributed by atoms with van der Waals surface area (Å²) >= 11 is 0. The van der Waals surface area contributed by atoms with E-state index in [9.17, 15) is 9.59 Å². The first-order valence-electron chi connectivity index (χ1n) is 10.7. The van der Waals surface area contributed by atoms with E-state index in [0.717, 1.165) is 34.2 Å². The van der Waals surface area contributed by atoms with Crippen LogP contribution in [-0.2, 0) is 16.1 Å². The van der Waals surface area contributed by atoms with Crippen LogP contribution in [0.3, 0.4) is 0 Å². The number of aromatic nitrogens is 2. The van der Waals surface area contributed by atoms with E-state index in [1.165, 1.54) is 0 Å². The van der Waals surface area contributed by atoms with Crippen molar-refractivity contribution in [2.75, 3.05) is 22.1 Å². The monoisotopic (exact) mass is 429 g/mol. The lowest BCUT2D eigenvalue weighted by molar-refractivity contribution is -0.122. The van der Waals surface area contributed by atoms with Crippen LogP contribution in [0.15, 0.2) is 54.6 Å². The fourth-order valence-electron chi connectivity index (χ4n) is 3.83. The fraction of sp³-hybridized carbons (Fsp3) is 0.280. The van der Waals surface area contributed by atoms with Crippen LogP contribution in [-0.4, -0.2) is 28.3 Å².